The molecule has 0 aliphatic carbocycles. The molecule has 1 N–H and O–H groups in total. The number of rotatable bonds is 9. The van der Waals surface area contributed by atoms with Gasteiger partial charge in [0.15, 0.2) is 18.2 Å². The first kappa shape index (κ1) is 26.6. The van der Waals surface area contributed by atoms with E-state index in [4.69, 9.17) is 23.5 Å². The summed E-state index contributed by atoms with van der Waals surface area (Å²) < 4.78 is 28.7. The monoisotopic (exact) mass is 566 g/mol. The van der Waals surface area contributed by atoms with Gasteiger partial charge >= 0.3 is 11.7 Å². The van der Waals surface area contributed by atoms with Crippen LogP contribution in [0.2, 0.25) is 0 Å². The van der Waals surface area contributed by atoms with Gasteiger partial charge in [-0.05, 0) is 49.2 Å². The molecular weight excluding hydrogens is 540 g/mol. The summed E-state index contributed by atoms with van der Waals surface area (Å²) in [6.07, 6.45) is 0. The number of hydrogen-bond donors (Lipinski definition) is 1. The molecule has 0 bridgehead atoms. The van der Waals surface area contributed by atoms with E-state index in [-0.39, 0.29) is 12.6 Å². The number of carbonyl (C=O) groups excluding carboxylic acids is 1. The largest absolute Gasteiger partial charge is 0.465 e. The topological polar surface area (TPSA) is 131 Å². The second-order valence-electron chi connectivity index (χ2n) is 9.40. The van der Waals surface area contributed by atoms with Gasteiger partial charge in [0.2, 0.25) is 0 Å². The van der Waals surface area contributed by atoms with E-state index in [1.54, 1.807) is 19.1 Å². The van der Waals surface area contributed by atoms with Crippen LogP contribution in [0.5, 0.6) is 6.01 Å². The van der Waals surface area contributed by atoms with E-state index < -0.39 is 11.7 Å². The van der Waals surface area contributed by atoms with Crippen LogP contribution in [0, 0.1) is 0 Å². The van der Waals surface area contributed by atoms with Gasteiger partial charge in [0.1, 0.15) is 5.76 Å². The van der Waals surface area contributed by atoms with E-state index in [2.05, 4.69) is 21.7 Å². The highest BCUT2D eigenvalue weighted by molar-refractivity contribution is 6.02. The van der Waals surface area contributed by atoms with Gasteiger partial charge < -0.3 is 18.9 Å². The Kier molecular flexibility index (Phi) is 7.05. The molecule has 1 aliphatic rings. The Balaban J connectivity index is 1.31. The first-order chi connectivity index (χ1) is 20.4. The molecule has 0 spiro atoms. The van der Waals surface area contributed by atoms with Crippen LogP contribution >= 0.6 is 0 Å². The van der Waals surface area contributed by atoms with Crippen molar-refractivity contribution in [3.63, 3.8) is 0 Å². The van der Waals surface area contributed by atoms with Gasteiger partial charge in [0.25, 0.3) is 12.0 Å². The lowest BCUT2D eigenvalue weighted by Crippen LogP contribution is -2.12. The molecule has 0 amide bonds. The first-order valence-electron chi connectivity index (χ1n) is 13.2. The number of allylic oxidation sites excluding steroid dienone is 1. The molecule has 3 aromatic carbocycles. The Morgan fingerprint density at radius 3 is 2.50 bits per heavy atom. The van der Waals surface area contributed by atoms with Crippen molar-refractivity contribution in [1.82, 2.24) is 19.7 Å². The molecule has 6 rings (SSSR count). The quantitative estimate of drug-likeness (QED) is 0.233. The number of H-pyrrole nitrogens is 1. The average Bonchev–Trinajstić information content (AvgIpc) is 3.68. The molecule has 3 heterocycles. The Hall–Kier alpha value is -5.58. The molecular formula is C31H26N4O7. The van der Waals surface area contributed by atoms with E-state index in [1.807, 2.05) is 66.1 Å². The summed E-state index contributed by atoms with van der Waals surface area (Å²) in [6, 6.07) is 21.2. The lowest BCUT2D eigenvalue weighted by molar-refractivity contribution is 0.0488. The number of ether oxygens (including phenoxy) is 4. The first-order valence-corrected chi connectivity index (χ1v) is 13.2. The Labute approximate surface area is 239 Å². The third-order valence-corrected chi connectivity index (χ3v) is 6.68. The highest BCUT2D eigenvalue weighted by atomic mass is 16.7. The summed E-state index contributed by atoms with van der Waals surface area (Å²) in [4.78, 5) is 32.0. The third-order valence-electron chi connectivity index (χ3n) is 6.68. The van der Waals surface area contributed by atoms with E-state index in [0.717, 1.165) is 22.3 Å². The molecule has 11 heteroatoms. The Bertz CT molecular complexity index is 1900. The van der Waals surface area contributed by atoms with Crippen LogP contribution in [0.3, 0.4) is 0 Å². The number of fused-ring (bicyclic) bond motifs is 1. The summed E-state index contributed by atoms with van der Waals surface area (Å²) >= 11 is 0. The SMILES string of the molecule is C=C1OC(C)=C(COC(=O)c2cccc3nc(OCC)n(Cc4ccc(-c5ccccc5-c5noc(=O)[nH]5)cc4)c23)O1. The number of hydrogen-bond acceptors (Lipinski definition) is 9. The van der Waals surface area contributed by atoms with Crippen molar-refractivity contribution < 1.29 is 28.3 Å². The predicted octanol–water partition coefficient (Wildman–Crippen LogP) is 5.40. The number of imidazole rings is 1. The summed E-state index contributed by atoms with van der Waals surface area (Å²) in [6.45, 7) is 7.90. The molecule has 0 saturated carbocycles. The fourth-order valence-corrected chi connectivity index (χ4v) is 4.77. The van der Waals surface area contributed by atoms with Crippen molar-refractivity contribution >= 4 is 17.0 Å². The molecule has 0 atom stereocenters. The van der Waals surface area contributed by atoms with Crippen LogP contribution in [0.25, 0.3) is 33.5 Å². The summed E-state index contributed by atoms with van der Waals surface area (Å²) in [5.74, 6) is 0.228. The standard InChI is InChI=1S/C31H26N4O7/c1-4-38-30-32-25-11-7-10-24(29(36)39-17-26-18(2)40-19(3)41-26)27(25)35(30)16-20-12-14-21(15-13-20)22-8-5-6-9-23(22)28-33-31(37)42-34-28/h5-15H,3-4,16-17H2,1-2H3,(H,33,34,37). The highest BCUT2D eigenvalue weighted by Gasteiger charge is 2.23. The average molecular weight is 567 g/mol. The van der Waals surface area contributed by atoms with Crippen LogP contribution < -0.4 is 10.5 Å². The maximum atomic E-state index is 13.2. The maximum Gasteiger partial charge on any atom is 0.439 e. The molecule has 11 nitrogen and oxygen atoms in total. The van der Waals surface area contributed by atoms with Crippen molar-refractivity contribution in [3.8, 4) is 28.5 Å². The molecule has 42 heavy (non-hydrogen) atoms. The fraction of sp³-hybridized carbons (Fsp3) is 0.161. The van der Waals surface area contributed by atoms with Crippen LogP contribution in [-0.4, -0.2) is 38.9 Å². The molecule has 1 aliphatic heterocycles. The normalized spacial score (nSPS) is 12.9. The maximum absolute atomic E-state index is 13.2. The summed E-state index contributed by atoms with van der Waals surface area (Å²) in [5, 5.41) is 3.84. The minimum atomic E-state index is -0.616. The van der Waals surface area contributed by atoms with E-state index in [0.29, 0.717) is 53.1 Å². The highest BCUT2D eigenvalue weighted by Crippen LogP contribution is 2.31. The van der Waals surface area contributed by atoms with E-state index in [9.17, 15) is 9.59 Å². The van der Waals surface area contributed by atoms with Gasteiger partial charge in [-0.3, -0.25) is 14.1 Å². The number of carbonyl (C=O) groups is 1. The van der Waals surface area contributed by atoms with Crippen LogP contribution in [0.1, 0.15) is 29.8 Å². The molecule has 212 valence electrons. The van der Waals surface area contributed by atoms with Gasteiger partial charge in [-0.25, -0.2) is 9.59 Å². The van der Waals surface area contributed by atoms with Gasteiger partial charge in [-0.15, -0.1) is 0 Å². The molecule has 5 aromatic rings. The smallest absolute Gasteiger partial charge is 0.439 e. The number of aromatic nitrogens is 4. The van der Waals surface area contributed by atoms with Crippen molar-refractivity contribution in [2.45, 2.75) is 20.4 Å². The van der Waals surface area contributed by atoms with Crippen LogP contribution in [0.4, 0.5) is 0 Å². The molecule has 0 fully saturated rings. The number of esters is 1. The summed E-state index contributed by atoms with van der Waals surface area (Å²) in [5.41, 5.74) is 5.03. The third kappa shape index (κ3) is 5.15. The van der Waals surface area contributed by atoms with E-state index >= 15 is 0 Å². The zero-order valence-electron chi connectivity index (χ0n) is 22.9. The molecule has 0 saturated heterocycles. The van der Waals surface area contributed by atoms with Crippen molar-refractivity contribution in [2.24, 2.45) is 0 Å². The zero-order valence-corrected chi connectivity index (χ0v) is 22.9. The number of benzene rings is 3. The number of para-hydroxylation sites is 1. The van der Waals surface area contributed by atoms with Crippen molar-refractivity contribution in [1.29, 1.82) is 0 Å². The Morgan fingerprint density at radius 1 is 1.02 bits per heavy atom. The van der Waals surface area contributed by atoms with Gasteiger partial charge in [0, 0.05) is 5.56 Å². The predicted molar refractivity (Wildman–Crippen MR) is 152 cm³/mol. The van der Waals surface area contributed by atoms with Crippen molar-refractivity contribution in [2.75, 3.05) is 13.2 Å². The second-order valence-corrected chi connectivity index (χ2v) is 9.40. The second kappa shape index (κ2) is 11.1. The molecule has 0 radical (unpaired) electrons. The Morgan fingerprint density at radius 2 is 1.81 bits per heavy atom. The zero-order chi connectivity index (χ0) is 29.2. The minimum Gasteiger partial charge on any atom is -0.465 e. The molecule has 0 unspecified atom stereocenters. The van der Waals surface area contributed by atoms with Gasteiger partial charge in [0.05, 0.1) is 29.7 Å². The minimum absolute atomic E-state index is 0.0995. The lowest BCUT2D eigenvalue weighted by atomic mass is 9.98. The van der Waals surface area contributed by atoms with Gasteiger partial charge in [-0.1, -0.05) is 59.8 Å². The van der Waals surface area contributed by atoms with Crippen molar-refractivity contribution in [3.05, 3.63) is 112 Å². The number of nitrogens with zero attached hydrogens (tertiary/aromatic N) is 3. The fourth-order valence-electron chi connectivity index (χ4n) is 4.77. The van der Waals surface area contributed by atoms with Crippen LogP contribution in [0.15, 0.2) is 100 Å². The van der Waals surface area contributed by atoms with E-state index in [1.165, 1.54) is 0 Å². The van der Waals surface area contributed by atoms with Gasteiger partial charge in [-0.2, -0.15) is 4.98 Å². The lowest BCUT2D eigenvalue weighted by Gasteiger charge is -2.13. The number of aromatic amines is 1. The molecule has 2 aromatic heterocycles. The summed E-state index contributed by atoms with van der Waals surface area (Å²) in [7, 11) is 0. The van der Waals surface area contributed by atoms with Crippen LogP contribution in [-0.2, 0) is 20.8 Å². The number of nitrogens with one attached hydrogen (secondary N) is 1.